The van der Waals surface area contributed by atoms with Crippen LogP contribution in [0.2, 0.25) is 0 Å². The van der Waals surface area contributed by atoms with Gasteiger partial charge in [0.15, 0.2) is 0 Å². The van der Waals surface area contributed by atoms with Crippen LogP contribution < -0.4 is 4.90 Å². The SMILES string of the molecule is N#C/C(=C\c1ccc(O)cc1)C(=O)N1CC2(CC2)c2ccccc21. The van der Waals surface area contributed by atoms with Gasteiger partial charge in [-0.25, -0.2) is 0 Å². The molecule has 2 aliphatic rings. The van der Waals surface area contributed by atoms with E-state index in [0.29, 0.717) is 12.1 Å². The number of benzene rings is 2. The highest BCUT2D eigenvalue weighted by molar-refractivity contribution is 6.12. The number of para-hydroxylation sites is 1. The number of phenolic OH excluding ortho intramolecular Hbond substituents is 1. The summed E-state index contributed by atoms with van der Waals surface area (Å²) in [5.74, 6) is -0.108. The number of fused-ring (bicyclic) bond motifs is 2. The van der Waals surface area contributed by atoms with E-state index < -0.39 is 0 Å². The first-order chi connectivity index (χ1) is 11.6. The van der Waals surface area contributed by atoms with Crippen molar-refractivity contribution in [3.8, 4) is 11.8 Å². The van der Waals surface area contributed by atoms with E-state index in [1.54, 1.807) is 23.1 Å². The number of hydrogen-bond donors (Lipinski definition) is 1. The Balaban J connectivity index is 1.68. The second kappa shape index (κ2) is 5.24. The Bertz CT molecular complexity index is 887. The first-order valence-electron chi connectivity index (χ1n) is 7.95. The minimum atomic E-state index is -0.262. The van der Waals surface area contributed by atoms with Crippen molar-refractivity contribution in [2.45, 2.75) is 18.3 Å². The highest BCUT2D eigenvalue weighted by Gasteiger charge is 2.52. The molecular formula is C20H16N2O2. The van der Waals surface area contributed by atoms with Gasteiger partial charge < -0.3 is 10.0 Å². The molecule has 1 amide bonds. The molecule has 0 saturated heterocycles. The number of hydrogen-bond acceptors (Lipinski definition) is 3. The van der Waals surface area contributed by atoms with Crippen LogP contribution in [0.15, 0.2) is 54.1 Å². The maximum absolute atomic E-state index is 12.9. The fourth-order valence-electron chi connectivity index (χ4n) is 3.41. The van der Waals surface area contributed by atoms with E-state index in [4.69, 9.17) is 0 Å². The van der Waals surface area contributed by atoms with Crippen LogP contribution in [0.5, 0.6) is 5.75 Å². The van der Waals surface area contributed by atoms with Gasteiger partial charge in [0.2, 0.25) is 0 Å². The van der Waals surface area contributed by atoms with Crippen LogP contribution >= 0.6 is 0 Å². The van der Waals surface area contributed by atoms with Crippen molar-refractivity contribution >= 4 is 17.7 Å². The number of carbonyl (C=O) groups is 1. The van der Waals surface area contributed by atoms with Crippen molar-refractivity contribution in [1.29, 1.82) is 5.26 Å². The van der Waals surface area contributed by atoms with Crippen molar-refractivity contribution in [2.24, 2.45) is 0 Å². The molecule has 2 aromatic rings. The van der Waals surface area contributed by atoms with Crippen LogP contribution in [0, 0.1) is 11.3 Å². The molecule has 1 N–H and O–H groups in total. The molecule has 2 aromatic carbocycles. The largest absolute Gasteiger partial charge is 0.508 e. The molecule has 4 rings (SSSR count). The minimum absolute atomic E-state index is 0.103. The van der Waals surface area contributed by atoms with Gasteiger partial charge in [-0.3, -0.25) is 4.79 Å². The second-order valence-corrected chi connectivity index (χ2v) is 6.45. The highest BCUT2D eigenvalue weighted by atomic mass is 16.3. The summed E-state index contributed by atoms with van der Waals surface area (Å²) in [5, 5.41) is 18.8. The van der Waals surface area contributed by atoms with E-state index in [1.807, 2.05) is 24.3 Å². The molecular weight excluding hydrogens is 300 g/mol. The molecule has 0 unspecified atom stereocenters. The third-order valence-corrected chi connectivity index (χ3v) is 4.88. The summed E-state index contributed by atoms with van der Waals surface area (Å²) < 4.78 is 0. The number of amides is 1. The normalized spacial score (nSPS) is 17.5. The van der Waals surface area contributed by atoms with Crippen molar-refractivity contribution < 1.29 is 9.90 Å². The zero-order valence-corrected chi connectivity index (χ0v) is 13.1. The summed E-state index contributed by atoms with van der Waals surface area (Å²) in [4.78, 5) is 14.6. The van der Waals surface area contributed by atoms with Gasteiger partial charge in [-0.15, -0.1) is 0 Å². The summed E-state index contributed by atoms with van der Waals surface area (Å²) in [7, 11) is 0. The summed E-state index contributed by atoms with van der Waals surface area (Å²) in [6.45, 7) is 0.653. The number of phenols is 1. The fourth-order valence-corrected chi connectivity index (χ4v) is 3.41. The van der Waals surface area contributed by atoms with Gasteiger partial charge >= 0.3 is 0 Å². The van der Waals surface area contributed by atoms with Gasteiger partial charge in [0.25, 0.3) is 5.91 Å². The number of anilines is 1. The average molecular weight is 316 g/mol. The zero-order valence-electron chi connectivity index (χ0n) is 13.1. The minimum Gasteiger partial charge on any atom is -0.508 e. The van der Waals surface area contributed by atoms with Gasteiger partial charge in [0, 0.05) is 17.6 Å². The number of nitrogens with zero attached hydrogens (tertiary/aromatic N) is 2. The topological polar surface area (TPSA) is 64.3 Å². The maximum atomic E-state index is 12.9. The maximum Gasteiger partial charge on any atom is 0.268 e. The Morgan fingerprint density at radius 1 is 1.17 bits per heavy atom. The molecule has 0 atom stereocenters. The average Bonchev–Trinajstić information content (AvgIpc) is 3.31. The van der Waals surface area contributed by atoms with E-state index >= 15 is 0 Å². The smallest absolute Gasteiger partial charge is 0.268 e. The first-order valence-corrected chi connectivity index (χ1v) is 7.95. The van der Waals surface area contributed by atoms with E-state index in [1.165, 1.54) is 17.7 Å². The van der Waals surface area contributed by atoms with Crippen molar-refractivity contribution in [2.75, 3.05) is 11.4 Å². The van der Waals surface area contributed by atoms with Crippen molar-refractivity contribution in [3.05, 3.63) is 65.2 Å². The third kappa shape index (κ3) is 2.26. The Morgan fingerprint density at radius 2 is 1.88 bits per heavy atom. The summed E-state index contributed by atoms with van der Waals surface area (Å²) in [6, 6.07) is 16.4. The monoisotopic (exact) mass is 316 g/mol. The predicted molar refractivity (Wildman–Crippen MR) is 91.4 cm³/mol. The third-order valence-electron chi connectivity index (χ3n) is 4.88. The van der Waals surface area contributed by atoms with E-state index in [9.17, 15) is 15.2 Å². The number of rotatable bonds is 2. The molecule has 118 valence electrons. The molecule has 1 aliphatic heterocycles. The molecule has 1 saturated carbocycles. The number of carbonyl (C=O) groups excluding carboxylic acids is 1. The lowest BCUT2D eigenvalue weighted by Crippen LogP contribution is -2.32. The standard InChI is InChI=1S/C20H16N2O2/c21-12-15(11-14-5-7-16(23)8-6-14)19(24)22-13-20(9-10-20)17-3-1-2-4-18(17)22/h1-8,11,23H,9-10,13H2/b15-11+. The van der Waals surface area contributed by atoms with Gasteiger partial charge in [0.05, 0.1) is 0 Å². The summed E-state index contributed by atoms with van der Waals surface area (Å²) >= 11 is 0. The molecule has 0 bridgehead atoms. The molecule has 1 aliphatic carbocycles. The molecule has 4 heteroatoms. The van der Waals surface area contributed by atoms with Crippen LogP contribution in [0.4, 0.5) is 5.69 Å². The lowest BCUT2D eigenvalue weighted by atomic mass is 9.99. The molecule has 0 aromatic heterocycles. The van der Waals surface area contributed by atoms with Crippen molar-refractivity contribution in [1.82, 2.24) is 0 Å². The van der Waals surface area contributed by atoms with Crippen LogP contribution in [-0.4, -0.2) is 17.6 Å². The van der Waals surface area contributed by atoms with Crippen LogP contribution in [0.25, 0.3) is 6.08 Å². The molecule has 24 heavy (non-hydrogen) atoms. The molecule has 0 radical (unpaired) electrons. The van der Waals surface area contributed by atoms with Crippen molar-refractivity contribution in [3.63, 3.8) is 0 Å². The Labute approximate surface area is 140 Å². The van der Waals surface area contributed by atoms with Crippen LogP contribution in [-0.2, 0) is 10.2 Å². The fraction of sp³-hybridized carbons (Fsp3) is 0.200. The van der Waals surface area contributed by atoms with Crippen LogP contribution in [0.3, 0.4) is 0 Å². The Kier molecular flexibility index (Phi) is 3.17. The first kappa shape index (κ1) is 14.5. The molecule has 1 spiro atoms. The summed E-state index contributed by atoms with van der Waals surface area (Å²) in [6.07, 6.45) is 3.76. The number of aromatic hydroxyl groups is 1. The Morgan fingerprint density at radius 3 is 2.54 bits per heavy atom. The molecule has 1 heterocycles. The van der Waals surface area contributed by atoms with E-state index in [-0.39, 0.29) is 22.6 Å². The zero-order chi connectivity index (χ0) is 16.7. The van der Waals surface area contributed by atoms with Gasteiger partial charge in [-0.05, 0) is 48.2 Å². The quantitative estimate of drug-likeness (QED) is 0.682. The Hall–Kier alpha value is -3.06. The van der Waals surface area contributed by atoms with E-state index in [2.05, 4.69) is 6.07 Å². The molecule has 4 nitrogen and oxygen atoms in total. The van der Waals surface area contributed by atoms with Crippen LogP contribution in [0.1, 0.15) is 24.0 Å². The lowest BCUT2D eigenvalue weighted by molar-refractivity contribution is -0.114. The van der Waals surface area contributed by atoms with E-state index in [0.717, 1.165) is 18.5 Å². The lowest BCUT2D eigenvalue weighted by Gasteiger charge is -2.17. The van der Waals surface area contributed by atoms with Gasteiger partial charge in [0.1, 0.15) is 17.4 Å². The van der Waals surface area contributed by atoms with Gasteiger partial charge in [-0.2, -0.15) is 5.26 Å². The van der Waals surface area contributed by atoms with Gasteiger partial charge in [-0.1, -0.05) is 30.3 Å². The highest BCUT2D eigenvalue weighted by Crippen LogP contribution is 2.56. The molecule has 1 fully saturated rings. The second-order valence-electron chi connectivity index (χ2n) is 6.45. The number of nitriles is 1. The predicted octanol–water partition coefficient (Wildman–Crippen LogP) is 3.38. The summed E-state index contributed by atoms with van der Waals surface area (Å²) in [5.41, 5.74) is 3.07.